The van der Waals surface area contributed by atoms with Crippen molar-refractivity contribution in [2.45, 2.75) is 24.3 Å². The number of allylic oxidation sites excluding steroid dienone is 2. The molecule has 2 atom stereocenters. The summed E-state index contributed by atoms with van der Waals surface area (Å²) in [6.07, 6.45) is -2.76. The summed E-state index contributed by atoms with van der Waals surface area (Å²) in [6.45, 7) is 0. The van der Waals surface area contributed by atoms with Gasteiger partial charge in [-0.1, -0.05) is 48.6 Å². The number of nitrogens with zero attached hydrogens (tertiary/aromatic N) is 3. The third-order valence-electron chi connectivity index (χ3n) is 7.40. The minimum absolute atomic E-state index is 0.136. The largest absolute Gasteiger partial charge is 0.416 e. The molecule has 2 unspecified atom stereocenters. The fraction of sp³-hybridized carbons (Fsp3) is 0.125. The maximum atomic E-state index is 13.8. The van der Waals surface area contributed by atoms with Crippen LogP contribution in [0.25, 0.3) is 22.3 Å². The lowest BCUT2D eigenvalue weighted by molar-refractivity contribution is -0.137. The van der Waals surface area contributed by atoms with Crippen LogP contribution in [0.3, 0.4) is 0 Å². The van der Waals surface area contributed by atoms with E-state index in [1.54, 1.807) is 67.0 Å². The first-order chi connectivity index (χ1) is 19.6. The third-order valence-corrected chi connectivity index (χ3v) is 7.40. The predicted octanol–water partition coefficient (Wildman–Crippen LogP) is 8.97. The van der Waals surface area contributed by atoms with Gasteiger partial charge in [-0.15, -0.1) is 0 Å². The van der Waals surface area contributed by atoms with Crippen LogP contribution in [-0.4, -0.2) is 17.2 Å². The summed E-state index contributed by atoms with van der Waals surface area (Å²) in [5.74, 6) is -0.632. The zero-order valence-electron chi connectivity index (χ0n) is 21.1. The average molecular weight is 560 g/mol. The van der Waals surface area contributed by atoms with Crippen molar-refractivity contribution in [1.82, 2.24) is 4.98 Å². The van der Waals surface area contributed by atoms with Gasteiger partial charge in [-0.2, -0.15) is 31.6 Å². The monoisotopic (exact) mass is 559 g/mol. The molecule has 3 aromatic carbocycles. The van der Waals surface area contributed by atoms with Gasteiger partial charge in [0.1, 0.15) is 0 Å². The second-order valence-corrected chi connectivity index (χ2v) is 9.77. The molecular formula is C32H19F6N3. The summed E-state index contributed by atoms with van der Waals surface area (Å²) in [5, 5.41) is 10.1. The highest BCUT2D eigenvalue weighted by molar-refractivity contribution is 5.91. The van der Waals surface area contributed by atoms with E-state index in [0.29, 0.717) is 33.5 Å². The summed E-state index contributed by atoms with van der Waals surface area (Å²) in [6, 6.07) is 20.2. The maximum Gasteiger partial charge on any atom is 0.416 e. The van der Waals surface area contributed by atoms with Crippen LogP contribution in [0.2, 0.25) is 0 Å². The molecule has 0 saturated carbocycles. The number of halogens is 6. The van der Waals surface area contributed by atoms with Crippen LogP contribution in [0.5, 0.6) is 0 Å². The topological polar surface area (TPSA) is 39.9 Å². The van der Waals surface area contributed by atoms with E-state index in [4.69, 9.17) is 0 Å². The minimum atomic E-state index is -4.66. The number of nitriles is 1. The Labute approximate surface area is 231 Å². The Morgan fingerprint density at radius 3 is 2.12 bits per heavy atom. The Bertz CT molecular complexity index is 1730. The number of fused-ring (bicyclic) bond motifs is 3. The van der Waals surface area contributed by atoms with E-state index < -0.39 is 35.4 Å². The van der Waals surface area contributed by atoms with Crippen LogP contribution in [-0.2, 0) is 6.18 Å². The highest BCUT2D eigenvalue weighted by atomic mass is 19.4. The van der Waals surface area contributed by atoms with Gasteiger partial charge in [-0.05, 0) is 59.2 Å². The van der Waals surface area contributed by atoms with Crippen LogP contribution in [0.4, 0.5) is 37.7 Å². The maximum absolute atomic E-state index is 13.8. The summed E-state index contributed by atoms with van der Waals surface area (Å²) >= 11 is 0. The number of hydrogen-bond donors (Lipinski definition) is 0. The minimum Gasteiger partial charge on any atom is -0.333 e. The molecule has 1 aliphatic carbocycles. The van der Waals surface area contributed by atoms with Crippen molar-refractivity contribution >= 4 is 11.4 Å². The Kier molecular flexibility index (Phi) is 6.22. The van der Waals surface area contributed by atoms with Crippen molar-refractivity contribution < 1.29 is 26.3 Å². The lowest BCUT2D eigenvalue weighted by atomic mass is 9.88. The fourth-order valence-corrected chi connectivity index (χ4v) is 5.54. The first-order valence-electron chi connectivity index (χ1n) is 12.6. The Hall–Kier alpha value is -4.84. The van der Waals surface area contributed by atoms with Crippen molar-refractivity contribution in [1.29, 1.82) is 5.26 Å². The van der Waals surface area contributed by atoms with E-state index in [-0.39, 0.29) is 11.3 Å². The number of pyridine rings is 1. The van der Waals surface area contributed by atoms with E-state index in [9.17, 15) is 31.6 Å². The average Bonchev–Trinajstić information content (AvgIpc) is 3.29. The number of rotatable bonds is 3. The summed E-state index contributed by atoms with van der Waals surface area (Å²) in [5.41, 5.74) is 1.83. The molecule has 4 aromatic rings. The molecule has 1 aromatic heterocycles. The second kappa shape index (κ2) is 9.66. The first kappa shape index (κ1) is 26.4. The number of benzene rings is 3. The molecule has 2 aliphatic rings. The number of anilines is 2. The van der Waals surface area contributed by atoms with Crippen LogP contribution in [0.15, 0.2) is 109 Å². The molecule has 3 nitrogen and oxygen atoms in total. The molecule has 9 heteroatoms. The SMILES string of the molecule is N#Cc1cc(N2c3cc(C(F)(F)F)ccc3C3C=CC(C(F)(F)F)=CC32)c(-c2ccccc2)cc1-c1ccncc1. The van der Waals surface area contributed by atoms with Crippen LogP contribution < -0.4 is 4.90 Å². The molecule has 0 N–H and O–H groups in total. The van der Waals surface area contributed by atoms with Crippen molar-refractivity contribution in [2.75, 3.05) is 4.90 Å². The molecule has 6 rings (SSSR count). The number of aromatic nitrogens is 1. The predicted molar refractivity (Wildman–Crippen MR) is 143 cm³/mol. The van der Waals surface area contributed by atoms with E-state index in [1.165, 1.54) is 17.0 Å². The zero-order chi connectivity index (χ0) is 28.9. The van der Waals surface area contributed by atoms with Crippen molar-refractivity contribution in [2.24, 2.45) is 0 Å². The molecule has 0 bridgehead atoms. The summed E-state index contributed by atoms with van der Waals surface area (Å²) < 4.78 is 83.0. The van der Waals surface area contributed by atoms with Gasteiger partial charge in [-0.25, -0.2) is 0 Å². The third kappa shape index (κ3) is 4.65. The summed E-state index contributed by atoms with van der Waals surface area (Å²) in [7, 11) is 0. The van der Waals surface area contributed by atoms with Crippen LogP contribution in [0.1, 0.15) is 22.6 Å². The Balaban J connectivity index is 1.66. The summed E-state index contributed by atoms with van der Waals surface area (Å²) in [4.78, 5) is 5.53. The quantitative estimate of drug-likeness (QED) is 0.235. The van der Waals surface area contributed by atoms with Crippen molar-refractivity contribution in [3.63, 3.8) is 0 Å². The first-order valence-corrected chi connectivity index (χ1v) is 12.6. The molecule has 2 heterocycles. The molecule has 204 valence electrons. The van der Waals surface area contributed by atoms with Gasteiger partial charge in [-0.3, -0.25) is 4.98 Å². The van der Waals surface area contributed by atoms with Gasteiger partial charge in [0.15, 0.2) is 0 Å². The molecule has 0 spiro atoms. The van der Waals surface area contributed by atoms with Gasteiger partial charge in [0.25, 0.3) is 0 Å². The highest BCUT2D eigenvalue weighted by Gasteiger charge is 2.44. The number of alkyl halides is 6. The molecule has 41 heavy (non-hydrogen) atoms. The van der Waals surface area contributed by atoms with E-state index >= 15 is 0 Å². The van der Waals surface area contributed by atoms with Gasteiger partial charge in [0.05, 0.1) is 34.5 Å². The van der Waals surface area contributed by atoms with Gasteiger partial charge in [0, 0.05) is 35.1 Å². The molecule has 0 amide bonds. The van der Waals surface area contributed by atoms with E-state index in [0.717, 1.165) is 24.3 Å². The molecular weight excluding hydrogens is 540 g/mol. The van der Waals surface area contributed by atoms with Gasteiger partial charge in [0.2, 0.25) is 0 Å². The van der Waals surface area contributed by atoms with E-state index in [1.807, 2.05) is 0 Å². The van der Waals surface area contributed by atoms with Crippen molar-refractivity contribution in [3.05, 3.63) is 126 Å². The normalized spacial score (nSPS) is 18.0. The van der Waals surface area contributed by atoms with Gasteiger partial charge < -0.3 is 4.90 Å². The molecule has 0 radical (unpaired) electrons. The Morgan fingerprint density at radius 1 is 0.756 bits per heavy atom. The highest BCUT2D eigenvalue weighted by Crippen LogP contribution is 2.53. The fourth-order valence-electron chi connectivity index (χ4n) is 5.54. The van der Waals surface area contributed by atoms with E-state index in [2.05, 4.69) is 11.1 Å². The van der Waals surface area contributed by atoms with Crippen LogP contribution in [0, 0.1) is 11.3 Å². The lowest BCUT2D eigenvalue weighted by Gasteiger charge is -2.32. The molecule has 1 aliphatic heterocycles. The lowest BCUT2D eigenvalue weighted by Crippen LogP contribution is -2.31. The molecule has 0 saturated heterocycles. The Morgan fingerprint density at radius 2 is 1.46 bits per heavy atom. The molecule has 0 fully saturated rings. The van der Waals surface area contributed by atoms with Crippen molar-refractivity contribution in [3.8, 4) is 28.3 Å². The second-order valence-electron chi connectivity index (χ2n) is 9.77. The number of hydrogen-bond acceptors (Lipinski definition) is 3. The van der Waals surface area contributed by atoms with Crippen LogP contribution >= 0.6 is 0 Å². The standard InChI is InChI=1S/C32H19F6N3/c33-31(34,35)22-6-8-24-25-9-7-23(32(36,37)38)16-30(25)41(29(24)15-22)28-14-21(18-39)26(20-10-12-40-13-11-20)17-27(28)19-4-2-1-3-5-19/h1-17,24,29H. The van der Waals surface area contributed by atoms with Gasteiger partial charge >= 0.3 is 12.4 Å². The zero-order valence-corrected chi connectivity index (χ0v) is 21.1. The smallest absolute Gasteiger partial charge is 0.333 e.